The molecule has 4 heterocycles. The summed E-state index contributed by atoms with van der Waals surface area (Å²) in [7, 11) is 0. The molecule has 0 bridgehead atoms. The van der Waals surface area contributed by atoms with Crippen LogP contribution in [-0.4, -0.2) is 78.8 Å². The maximum Gasteiger partial charge on any atom is 0.410 e. The number of ether oxygens (including phenoxy) is 1. The Morgan fingerprint density at radius 2 is 1.06 bits per heavy atom. The zero-order valence-corrected chi connectivity index (χ0v) is 32.8. The lowest BCUT2D eigenvalue weighted by Crippen LogP contribution is -2.62. The molecule has 4 fully saturated rings. The predicted molar refractivity (Wildman–Crippen MR) is 218 cm³/mol. The molecule has 4 aliphatic rings. The van der Waals surface area contributed by atoms with Gasteiger partial charge >= 0.3 is 6.09 Å². The van der Waals surface area contributed by atoms with E-state index in [1.54, 1.807) is 0 Å². The molecule has 4 saturated heterocycles. The molecule has 53 heavy (non-hydrogen) atoms. The van der Waals surface area contributed by atoms with Gasteiger partial charge in [0, 0.05) is 44.7 Å². The van der Waals surface area contributed by atoms with Gasteiger partial charge in [-0.2, -0.15) is 0 Å². The molecule has 4 aromatic carbocycles. The molecule has 6 nitrogen and oxygen atoms in total. The summed E-state index contributed by atoms with van der Waals surface area (Å²) in [5.74, 6) is 0. The number of likely N-dealkylation sites (tertiary alicyclic amines) is 3. The number of piperidine rings is 2. The minimum Gasteiger partial charge on any atom is -0.444 e. The summed E-state index contributed by atoms with van der Waals surface area (Å²) < 4.78 is 5.51. The van der Waals surface area contributed by atoms with Crippen LogP contribution in [-0.2, 0) is 17.8 Å². The Labute approximate surface area is 318 Å². The van der Waals surface area contributed by atoms with Crippen LogP contribution in [0.4, 0.5) is 4.79 Å². The van der Waals surface area contributed by atoms with E-state index in [-0.39, 0.29) is 6.09 Å². The molecule has 1 N–H and O–H groups in total. The van der Waals surface area contributed by atoms with Crippen LogP contribution in [0.1, 0.15) is 68.7 Å². The van der Waals surface area contributed by atoms with E-state index in [9.17, 15) is 4.79 Å². The number of aryl methyl sites for hydroxylation is 2. The first kappa shape index (κ1) is 37.3. The van der Waals surface area contributed by atoms with Crippen LogP contribution < -0.4 is 5.32 Å². The Kier molecular flexibility index (Phi) is 11.1. The highest BCUT2D eigenvalue weighted by Crippen LogP contribution is 2.41. The van der Waals surface area contributed by atoms with Crippen molar-refractivity contribution in [1.29, 1.82) is 0 Å². The first-order chi connectivity index (χ1) is 25.5. The molecule has 0 aromatic heterocycles. The van der Waals surface area contributed by atoms with E-state index in [0.29, 0.717) is 10.8 Å². The first-order valence-corrected chi connectivity index (χ1v) is 19.9. The number of hydrogen-bond acceptors (Lipinski definition) is 5. The number of benzene rings is 4. The van der Waals surface area contributed by atoms with Crippen molar-refractivity contribution >= 4 is 6.09 Å². The fourth-order valence-corrected chi connectivity index (χ4v) is 8.59. The van der Waals surface area contributed by atoms with Gasteiger partial charge in [0.1, 0.15) is 5.60 Å². The van der Waals surface area contributed by atoms with Gasteiger partial charge in [0.2, 0.25) is 0 Å². The monoisotopic (exact) mass is 712 g/mol. The largest absolute Gasteiger partial charge is 0.444 e. The van der Waals surface area contributed by atoms with Crippen molar-refractivity contribution in [3.05, 3.63) is 119 Å². The third-order valence-electron chi connectivity index (χ3n) is 12.2. The second kappa shape index (κ2) is 15.8. The predicted octanol–water partition coefficient (Wildman–Crippen LogP) is 9.34. The molecular formula is C47H60N4O2. The van der Waals surface area contributed by atoms with Gasteiger partial charge in [-0.3, -0.25) is 9.80 Å². The molecule has 0 saturated carbocycles. The van der Waals surface area contributed by atoms with Crippen molar-refractivity contribution in [3.63, 3.8) is 0 Å². The highest BCUT2D eigenvalue weighted by Gasteiger charge is 2.47. The van der Waals surface area contributed by atoms with Crippen molar-refractivity contribution in [2.75, 3.05) is 52.4 Å². The van der Waals surface area contributed by atoms with Crippen molar-refractivity contribution in [1.82, 2.24) is 20.0 Å². The molecule has 0 atom stereocenters. The van der Waals surface area contributed by atoms with Crippen molar-refractivity contribution in [3.8, 4) is 22.3 Å². The van der Waals surface area contributed by atoms with E-state index >= 15 is 0 Å². The van der Waals surface area contributed by atoms with Gasteiger partial charge in [-0.1, -0.05) is 97.1 Å². The quantitative estimate of drug-likeness (QED) is 0.216. The molecule has 4 aliphatic heterocycles. The highest BCUT2D eigenvalue weighted by molar-refractivity contribution is 5.69. The second-order valence-corrected chi connectivity index (χ2v) is 17.5. The Morgan fingerprint density at radius 1 is 0.623 bits per heavy atom. The van der Waals surface area contributed by atoms with E-state index in [0.717, 1.165) is 52.1 Å². The fraction of sp³-hybridized carbons (Fsp3) is 0.468. The van der Waals surface area contributed by atoms with E-state index in [2.05, 4.69) is 126 Å². The summed E-state index contributed by atoms with van der Waals surface area (Å²) in [5, 5.41) is 3.45. The summed E-state index contributed by atoms with van der Waals surface area (Å²) in [5.41, 5.74) is 11.4. The van der Waals surface area contributed by atoms with Gasteiger partial charge in [-0.15, -0.1) is 0 Å². The Hall–Kier alpha value is -3.97. The van der Waals surface area contributed by atoms with Crippen LogP contribution >= 0.6 is 0 Å². The molecular weight excluding hydrogens is 653 g/mol. The number of hydrogen-bond donors (Lipinski definition) is 1. The summed E-state index contributed by atoms with van der Waals surface area (Å²) in [6, 6.07) is 35.0. The third-order valence-corrected chi connectivity index (χ3v) is 12.2. The summed E-state index contributed by atoms with van der Waals surface area (Å²) >= 11 is 0. The molecule has 0 radical (unpaired) electrons. The first-order valence-electron chi connectivity index (χ1n) is 19.9. The van der Waals surface area contributed by atoms with Crippen molar-refractivity contribution in [2.45, 2.75) is 79.0 Å². The van der Waals surface area contributed by atoms with Gasteiger partial charge in [0.05, 0.1) is 0 Å². The maximum absolute atomic E-state index is 12.2. The number of amides is 1. The topological polar surface area (TPSA) is 48.1 Å². The zero-order valence-electron chi connectivity index (χ0n) is 32.8. The number of carbonyl (C=O) groups is 1. The van der Waals surface area contributed by atoms with Crippen LogP contribution in [0.15, 0.2) is 97.1 Å². The molecule has 4 aromatic rings. The molecule has 280 valence electrons. The van der Waals surface area contributed by atoms with Crippen LogP contribution in [0.3, 0.4) is 0 Å². The minimum atomic E-state index is -0.420. The molecule has 8 rings (SSSR count). The SMILES string of the molecule is Cc1cc(-c2ccccc2)ccc1CN1CCC2(CC1)CN(C(=O)OC(C)(C)C)C2.Cc1cc(-c2ccccc2)ccc1CN1CCC2(CC1)CNC2. The lowest BCUT2D eigenvalue weighted by molar-refractivity contribution is -0.0601. The van der Waals surface area contributed by atoms with Crippen LogP contribution in [0, 0.1) is 24.7 Å². The summed E-state index contributed by atoms with van der Waals surface area (Å²) in [6.07, 6.45) is 4.88. The van der Waals surface area contributed by atoms with Crippen LogP contribution in [0.25, 0.3) is 22.3 Å². The molecule has 0 aliphatic carbocycles. The number of carbonyl (C=O) groups excluding carboxylic acids is 1. The Morgan fingerprint density at radius 3 is 1.43 bits per heavy atom. The summed E-state index contributed by atoms with van der Waals surface area (Å²) in [6.45, 7) is 21.2. The lowest BCUT2D eigenvalue weighted by Gasteiger charge is -2.53. The lowest BCUT2D eigenvalue weighted by atomic mass is 9.72. The van der Waals surface area contributed by atoms with Gasteiger partial charge < -0.3 is 15.0 Å². The third kappa shape index (κ3) is 9.23. The molecule has 1 amide bonds. The van der Waals surface area contributed by atoms with Crippen LogP contribution in [0.2, 0.25) is 0 Å². The van der Waals surface area contributed by atoms with Gasteiger partial charge in [-0.25, -0.2) is 4.79 Å². The van der Waals surface area contributed by atoms with E-state index in [4.69, 9.17) is 4.74 Å². The molecule has 2 spiro atoms. The van der Waals surface area contributed by atoms with Crippen molar-refractivity contribution in [2.24, 2.45) is 10.8 Å². The zero-order chi connectivity index (χ0) is 37.1. The smallest absolute Gasteiger partial charge is 0.410 e. The Balaban J connectivity index is 0.000000170. The number of rotatable bonds is 6. The molecule has 0 unspecified atom stereocenters. The fourth-order valence-electron chi connectivity index (χ4n) is 8.59. The van der Waals surface area contributed by atoms with Crippen molar-refractivity contribution < 1.29 is 9.53 Å². The van der Waals surface area contributed by atoms with Gasteiger partial charge in [0.25, 0.3) is 0 Å². The normalized spacial score (nSPS) is 19.5. The maximum atomic E-state index is 12.2. The van der Waals surface area contributed by atoms with E-state index < -0.39 is 5.60 Å². The average Bonchev–Trinajstić information content (AvgIpc) is 3.13. The van der Waals surface area contributed by atoms with Gasteiger partial charge in [0.15, 0.2) is 0 Å². The minimum absolute atomic E-state index is 0.162. The average molecular weight is 713 g/mol. The summed E-state index contributed by atoms with van der Waals surface area (Å²) in [4.78, 5) is 19.3. The second-order valence-electron chi connectivity index (χ2n) is 17.5. The number of nitrogens with zero attached hydrogens (tertiary/aromatic N) is 3. The van der Waals surface area contributed by atoms with E-state index in [1.807, 2.05) is 25.7 Å². The standard InChI is InChI=1S/C26H34N2O2.C21H26N2/c1-20-16-22(21-8-6-5-7-9-21)10-11-23(20)17-27-14-12-26(13-15-27)18-28(19-26)24(29)30-25(2,3)4;1-17-13-19(18-5-3-2-4-6-18)7-8-20(17)14-23-11-9-21(10-12-23)15-22-16-21/h5-11,16H,12-15,17-19H2,1-4H3;2-8,13,22H,9-12,14-16H2,1H3. The number of nitrogens with one attached hydrogen (secondary N) is 1. The molecule has 6 heteroatoms. The van der Waals surface area contributed by atoms with Gasteiger partial charge in [-0.05, 0) is 136 Å². The Bertz CT molecular complexity index is 1820. The van der Waals surface area contributed by atoms with Crippen LogP contribution in [0.5, 0.6) is 0 Å². The van der Waals surface area contributed by atoms with E-state index in [1.165, 1.54) is 83.5 Å². The highest BCUT2D eigenvalue weighted by atomic mass is 16.6.